The van der Waals surface area contributed by atoms with Gasteiger partial charge in [-0.05, 0) is 38.3 Å². The Balaban J connectivity index is 2.98. The van der Waals surface area contributed by atoms with Gasteiger partial charge in [-0.3, -0.25) is 4.68 Å². The largest absolute Gasteiger partial charge is 0.377 e. The van der Waals surface area contributed by atoms with E-state index in [9.17, 15) is 0 Å². The highest BCUT2D eigenvalue weighted by Crippen LogP contribution is 2.27. The molecule has 1 unspecified atom stereocenters. The van der Waals surface area contributed by atoms with Crippen molar-refractivity contribution in [3.63, 3.8) is 0 Å². The number of hydrogen-bond acceptors (Lipinski definition) is 3. The van der Waals surface area contributed by atoms with Gasteiger partial charge in [0.15, 0.2) is 0 Å². The van der Waals surface area contributed by atoms with Crippen LogP contribution >= 0.6 is 0 Å². The van der Waals surface area contributed by atoms with E-state index in [4.69, 9.17) is 4.74 Å². The average Bonchev–Trinajstić information content (AvgIpc) is 2.87. The second kappa shape index (κ2) is 8.54. The van der Waals surface area contributed by atoms with Gasteiger partial charge in [0, 0.05) is 32.3 Å². The van der Waals surface area contributed by atoms with Crippen LogP contribution in [0.1, 0.15) is 58.3 Å². The summed E-state index contributed by atoms with van der Waals surface area (Å²) in [7, 11) is 3.88. The first-order chi connectivity index (χ1) is 10.1. The lowest BCUT2D eigenvalue weighted by atomic mass is 9.85. The van der Waals surface area contributed by atoms with Crippen molar-refractivity contribution in [2.45, 2.75) is 71.4 Å². The number of rotatable bonds is 10. The van der Waals surface area contributed by atoms with Crippen molar-refractivity contribution >= 4 is 0 Å². The second-order valence-electron chi connectivity index (χ2n) is 5.79. The quantitative estimate of drug-likeness (QED) is 0.721. The molecule has 0 aromatic carbocycles. The van der Waals surface area contributed by atoms with Crippen molar-refractivity contribution in [2.24, 2.45) is 7.05 Å². The number of nitrogens with zero attached hydrogens (tertiary/aromatic N) is 2. The Hall–Kier alpha value is -0.870. The van der Waals surface area contributed by atoms with E-state index in [1.165, 1.54) is 5.69 Å². The van der Waals surface area contributed by atoms with Crippen molar-refractivity contribution < 1.29 is 4.74 Å². The Morgan fingerprint density at radius 3 is 2.38 bits per heavy atom. The summed E-state index contributed by atoms with van der Waals surface area (Å²) >= 11 is 0. The molecule has 0 saturated heterocycles. The number of methoxy groups -OCH3 is 1. The molecule has 1 N–H and O–H groups in total. The maximum absolute atomic E-state index is 5.95. The van der Waals surface area contributed by atoms with Crippen LogP contribution in [-0.4, -0.2) is 35.1 Å². The summed E-state index contributed by atoms with van der Waals surface area (Å²) in [4.78, 5) is 0. The molecule has 0 aliphatic heterocycles. The summed E-state index contributed by atoms with van der Waals surface area (Å²) in [5, 5.41) is 8.27. The van der Waals surface area contributed by atoms with Crippen molar-refractivity contribution in [3.05, 3.63) is 17.5 Å². The molecule has 1 aromatic heterocycles. The zero-order chi connectivity index (χ0) is 15.9. The van der Waals surface area contributed by atoms with Crippen molar-refractivity contribution in [1.29, 1.82) is 0 Å². The van der Waals surface area contributed by atoms with Crippen LogP contribution in [-0.2, 0) is 24.6 Å². The summed E-state index contributed by atoms with van der Waals surface area (Å²) in [6.07, 6.45) is 5.10. The van der Waals surface area contributed by atoms with E-state index in [1.807, 2.05) is 18.8 Å². The fourth-order valence-electron chi connectivity index (χ4n) is 3.08. The standard InChI is InChI=1S/C17H33N3O/c1-7-11-18-16(17(9-3,10-4)21-6)13-15-12-14(8-2)19-20(15)5/h12,16,18H,7-11,13H2,1-6H3. The molecule has 21 heavy (non-hydrogen) atoms. The van der Waals surface area contributed by atoms with Crippen LogP contribution < -0.4 is 5.32 Å². The first kappa shape index (κ1) is 18.2. The summed E-state index contributed by atoms with van der Waals surface area (Å²) in [5.41, 5.74) is 2.34. The molecule has 0 aliphatic rings. The number of nitrogens with one attached hydrogen (secondary N) is 1. The zero-order valence-electron chi connectivity index (χ0n) is 14.7. The molecule has 0 spiro atoms. The minimum Gasteiger partial charge on any atom is -0.377 e. The maximum Gasteiger partial charge on any atom is 0.0829 e. The summed E-state index contributed by atoms with van der Waals surface area (Å²) in [6, 6.07) is 2.55. The number of hydrogen-bond donors (Lipinski definition) is 1. The highest BCUT2D eigenvalue weighted by atomic mass is 16.5. The molecule has 0 aliphatic carbocycles. The van der Waals surface area contributed by atoms with Crippen LogP contribution in [0.25, 0.3) is 0 Å². The van der Waals surface area contributed by atoms with Crippen molar-refractivity contribution in [1.82, 2.24) is 15.1 Å². The molecule has 0 saturated carbocycles. The van der Waals surface area contributed by atoms with E-state index < -0.39 is 0 Å². The average molecular weight is 295 g/mol. The molecule has 0 radical (unpaired) electrons. The van der Waals surface area contributed by atoms with Gasteiger partial charge in [-0.15, -0.1) is 0 Å². The molecule has 0 amide bonds. The second-order valence-corrected chi connectivity index (χ2v) is 5.79. The topological polar surface area (TPSA) is 39.1 Å². The SMILES string of the molecule is CCCNC(Cc1cc(CC)nn1C)C(CC)(CC)OC. The smallest absolute Gasteiger partial charge is 0.0829 e. The van der Waals surface area contributed by atoms with Crippen molar-refractivity contribution in [3.8, 4) is 0 Å². The fraction of sp³-hybridized carbons (Fsp3) is 0.824. The molecule has 4 nitrogen and oxygen atoms in total. The molecule has 0 bridgehead atoms. The molecule has 1 aromatic rings. The van der Waals surface area contributed by atoms with Gasteiger partial charge < -0.3 is 10.1 Å². The lowest BCUT2D eigenvalue weighted by Gasteiger charge is -2.39. The molecule has 1 rings (SSSR count). The van der Waals surface area contributed by atoms with Gasteiger partial charge in [0.1, 0.15) is 0 Å². The highest BCUT2D eigenvalue weighted by Gasteiger charge is 2.36. The van der Waals surface area contributed by atoms with Gasteiger partial charge in [-0.2, -0.15) is 5.10 Å². The van der Waals surface area contributed by atoms with E-state index >= 15 is 0 Å². The third kappa shape index (κ3) is 4.30. The predicted octanol–water partition coefficient (Wildman–Crippen LogP) is 3.10. The third-order valence-electron chi connectivity index (χ3n) is 4.68. The van der Waals surface area contributed by atoms with Crippen LogP contribution in [0.2, 0.25) is 0 Å². The number of aryl methyl sites for hydroxylation is 2. The zero-order valence-corrected chi connectivity index (χ0v) is 14.7. The molecule has 4 heteroatoms. The van der Waals surface area contributed by atoms with Gasteiger partial charge in [0.25, 0.3) is 0 Å². The first-order valence-corrected chi connectivity index (χ1v) is 8.37. The van der Waals surface area contributed by atoms with Gasteiger partial charge in [0.2, 0.25) is 0 Å². The van der Waals surface area contributed by atoms with Gasteiger partial charge in [-0.1, -0.05) is 27.7 Å². The van der Waals surface area contributed by atoms with E-state index in [1.54, 1.807) is 0 Å². The van der Waals surface area contributed by atoms with Gasteiger partial charge >= 0.3 is 0 Å². The monoisotopic (exact) mass is 295 g/mol. The van der Waals surface area contributed by atoms with E-state index in [0.717, 1.165) is 44.3 Å². The van der Waals surface area contributed by atoms with Crippen LogP contribution in [0.5, 0.6) is 0 Å². The number of aromatic nitrogens is 2. The van der Waals surface area contributed by atoms with Crippen LogP contribution in [0.3, 0.4) is 0 Å². The Morgan fingerprint density at radius 1 is 1.29 bits per heavy atom. The summed E-state index contributed by atoms with van der Waals surface area (Å²) in [6.45, 7) is 9.81. The third-order valence-corrected chi connectivity index (χ3v) is 4.68. The normalized spacial score (nSPS) is 13.6. The fourth-order valence-corrected chi connectivity index (χ4v) is 3.08. The Morgan fingerprint density at radius 2 is 1.95 bits per heavy atom. The summed E-state index contributed by atoms with van der Waals surface area (Å²) in [5.74, 6) is 0. The maximum atomic E-state index is 5.95. The minimum absolute atomic E-state index is 0.105. The van der Waals surface area contributed by atoms with E-state index in [0.29, 0.717) is 6.04 Å². The van der Waals surface area contributed by atoms with Crippen LogP contribution in [0, 0.1) is 0 Å². The predicted molar refractivity (Wildman–Crippen MR) is 88.7 cm³/mol. The van der Waals surface area contributed by atoms with E-state index in [2.05, 4.69) is 44.2 Å². The summed E-state index contributed by atoms with van der Waals surface area (Å²) < 4.78 is 7.97. The van der Waals surface area contributed by atoms with Gasteiger partial charge in [-0.25, -0.2) is 0 Å². The molecule has 1 atom stereocenters. The first-order valence-electron chi connectivity index (χ1n) is 8.37. The van der Waals surface area contributed by atoms with Crippen LogP contribution in [0.4, 0.5) is 0 Å². The molecular formula is C17H33N3O. The lowest BCUT2D eigenvalue weighted by Crippen LogP contribution is -2.53. The molecular weight excluding hydrogens is 262 g/mol. The molecule has 0 fully saturated rings. The van der Waals surface area contributed by atoms with Crippen molar-refractivity contribution in [2.75, 3.05) is 13.7 Å². The Kier molecular flexibility index (Phi) is 7.40. The minimum atomic E-state index is -0.105. The van der Waals surface area contributed by atoms with E-state index in [-0.39, 0.29) is 5.60 Å². The Bertz CT molecular complexity index is 402. The lowest BCUT2D eigenvalue weighted by molar-refractivity contribution is -0.0475. The number of ether oxygens (including phenoxy) is 1. The Labute approximate surface area is 130 Å². The highest BCUT2D eigenvalue weighted by molar-refractivity contribution is 5.13. The molecule has 1 heterocycles. The van der Waals surface area contributed by atoms with Crippen LogP contribution in [0.15, 0.2) is 6.07 Å². The van der Waals surface area contributed by atoms with Gasteiger partial charge in [0.05, 0.1) is 11.3 Å². The molecule has 122 valence electrons.